The van der Waals surface area contributed by atoms with Gasteiger partial charge in [0.15, 0.2) is 0 Å². The fourth-order valence-electron chi connectivity index (χ4n) is 9.03. The molecule has 2 atom stereocenters. The Morgan fingerprint density at radius 2 is 0.925 bits per heavy atom. The van der Waals surface area contributed by atoms with E-state index >= 15 is 0 Å². The summed E-state index contributed by atoms with van der Waals surface area (Å²) in [6.07, 6.45) is 9.27. The van der Waals surface area contributed by atoms with E-state index in [1.54, 1.807) is 14.2 Å². The fraction of sp³-hybridized carbons (Fsp3) is 0.362. The summed E-state index contributed by atoms with van der Waals surface area (Å²) < 4.78 is 13.5. The molecule has 0 saturated heterocycles. The summed E-state index contributed by atoms with van der Waals surface area (Å²) in [5, 5.41) is 0. The zero-order chi connectivity index (χ0) is 37.5. The fourth-order valence-corrected chi connectivity index (χ4v) is 9.75. The van der Waals surface area contributed by atoms with Gasteiger partial charge < -0.3 is 19.3 Å². The van der Waals surface area contributed by atoms with Crippen LogP contribution in [0, 0.1) is 6.92 Å². The third-order valence-corrected chi connectivity index (χ3v) is 12.9. The normalized spacial score (nSPS) is 18.6. The van der Waals surface area contributed by atoms with Crippen LogP contribution in [0.4, 0.5) is 34.1 Å². The first-order valence-corrected chi connectivity index (χ1v) is 20.8. The van der Waals surface area contributed by atoms with E-state index < -0.39 is 0 Å². The number of anilines is 6. The van der Waals surface area contributed by atoms with Crippen LogP contribution in [0.1, 0.15) is 107 Å². The van der Waals surface area contributed by atoms with E-state index in [0.717, 1.165) is 44.7 Å². The lowest BCUT2D eigenvalue weighted by atomic mass is 9.63. The molecule has 2 heterocycles. The van der Waals surface area contributed by atoms with Crippen molar-refractivity contribution in [1.82, 2.24) is 0 Å². The average molecular weight is 837 g/mol. The molecule has 7 rings (SSSR count). The van der Waals surface area contributed by atoms with Gasteiger partial charge >= 0.3 is 0 Å². The Balaban J connectivity index is 1.60. The number of fused-ring (bicyclic) bond motifs is 4. The number of halogens is 2. The molecule has 5 aromatic carbocycles. The predicted molar refractivity (Wildman–Crippen MR) is 230 cm³/mol. The highest BCUT2D eigenvalue weighted by Gasteiger charge is 2.47. The molecule has 0 radical (unpaired) electrons. The number of ether oxygens (including phenoxy) is 2. The van der Waals surface area contributed by atoms with Crippen LogP contribution in [0.5, 0.6) is 11.5 Å². The summed E-state index contributed by atoms with van der Waals surface area (Å²) in [6.45, 7) is 12.0. The number of nitrogens with zero attached hydrogens (tertiary/aromatic N) is 2. The van der Waals surface area contributed by atoms with Crippen molar-refractivity contribution >= 4 is 66.0 Å². The Morgan fingerprint density at radius 3 is 1.28 bits per heavy atom. The van der Waals surface area contributed by atoms with Gasteiger partial charge in [0.2, 0.25) is 0 Å². The topological polar surface area (TPSA) is 24.9 Å². The molecule has 0 saturated carbocycles. The molecule has 0 N–H and O–H groups in total. The van der Waals surface area contributed by atoms with Crippen LogP contribution in [-0.2, 0) is 10.8 Å². The molecule has 2 aliphatic rings. The summed E-state index contributed by atoms with van der Waals surface area (Å²) in [5.74, 6) is 1.70. The van der Waals surface area contributed by atoms with Crippen molar-refractivity contribution < 1.29 is 9.47 Å². The summed E-state index contributed by atoms with van der Waals surface area (Å²) >= 11 is 7.80. The first-order chi connectivity index (χ1) is 25.6. The van der Waals surface area contributed by atoms with Crippen molar-refractivity contribution in [2.75, 3.05) is 24.0 Å². The van der Waals surface area contributed by atoms with E-state index in [4.69, 9.17) is 9.47 Å². The second kappa shape index (κ2) is 15.2. The molecule has 2 aliphatic heterocycles. The maximum Gasteiger partial charge on any atom is 0.119 e. The standard InChI is InChI=1S/C47H52Br2N2O2/c1-8-10-12-26-46(4)38-28-32(48)14-24-42(38)50(34-16-20-36(52-6)21-17-34)44-31(3)45-41(30-40(44)46)47(5,27-13-11-9-2)39-29-33(49)15-25-43(39)51(45)35-18-22-37(53-7)23-19-35/h14-25,28-30H,8-13,26-27H2,1-7H3/t46-,47+. The van der Waals surface area contributed by atoms with Gasteiger partial charge in [-0.05, 0) is 139 Å². The van der Waals surface area contributed by atoms with Crippen LogP contribution in [0.25, 0.3) is 0 Å². The van der Waals surface area contributed by atoms with E-state index in [1.165, 1.54) is 89.1 Å². The first kappa shape index (κ1) is 37.6. The summed E-state index contributed by atoms with van der Waals surface area (Å²) in [6, 6.07) is 33.6. The maximum absolute atomic E-state index is 5.64. The van der Waals surface area contributed by atoms with Gasteiger partial charge in [0.1, 0.15) is 11.5 Å². The minimum Gasteiger partial charge on any atom is -0.497 e. The van der Waals surface area contributed by atoms with Crippen LogP contribution in [0.2, 0.25) is 0 Å². The lowest BCUT2D eigenvalue weighted by molar-refractivity contribution is 0.414. The number of methoxy groups -OCH3 is 2. The second-order valence-corrected chi connectivity index (χ2v) is 17.1. The highest BCUT2D eigenvalue weighted by molar-refractivity contribution is 9.10. The predicted octanol–water partition coefficient (Wildman–Crippen LogP) is 14.9. The van der Waals surface area contributed by atoms with Crippen molar-refractivity contribution in [2.24, 2.45) is 0 Å². The molecule has 4 nitrogen and oxygen atoms in total. The van der Waals surface area contributed by atoms with Crippen LogP contribution >= 0.6 is 31.9 Å². The zero-order valence-electron chi connectivity index (χ0n) is 32.3. The SMILES string of the molecule is CCCCC[C@@]1(C)c2cc(Br)ccc2N(c2ccc(OC)cc2)c2c1cc1c(c2C)N(c2ccc(OC)cc2)c2ccc(Br)cc2[C@@]1(C)CCCCC. The summed E-state index contributed by atoms with van der Waals surface area (Å²) in [5.41, 5.74) is 13.7. The van der Waals surface area contributed by atoms with Crippen molar-refractivity contribution in [3.05, 3.63) is 128 Å². The first-order valence-electron chi connectivity index (χ1n) is 19.3. The highest BCUT2D eigenvalue weighted by atomic mass is 79.9. The van der Waals surface area contributed by atoms with Gasteiger partial charge in [0, 0.05) is 31.2 Å². The van der Waals surface area contributed by atoms with E-state index in [9.17, 15) is 0 Å². The monoisotopic (exact) mass is 834 g/mol. The Labute approximate surface area is 333 Å². The van der Waals surface area contributed by atoms with E-state index in [1.807, 2.05) is 0 Å². The largest absolute Gasteiger partial charge is 0.497 e. The molecule has 0 spiro atoms. The number of hydrogen-bond acceptors (Lipinski definition) is 4. The number of benzene rings is 5. The molecule has 0 amide bonds. The lowest BCUT2D eigenvalue weighted by Gasteiger charge is -2.50. The smallest absolute Gasteiger partial charge is 0.119 e. The molecule has 0 unspecified atom stereocenters. The Bertz CT molecular complexity index is 1960. The van der Waals surface area contributed by atoms with E-state index in [0.29, 0.717) is 0 Å². The Kier molecular flexibility index (Phi) is 10.8. The van der Waals surface area contributed by atoms with Gasteiger partial charge in [-0.15, -0.1) is 0 Å². The van der Waals surface area contributed by atoms with Gasteiger partial charge in [-0.2, -0.15) is 0 Å². The Hall–Kier alpha value is -3.74. The minimum absolute atomic E-state index is 0.209. The molecule has 5 aromatic rings. The Morgan fingerprint density at radius 1 is 0.528 bits per heavy atom. The lowest BCUT2D eigenvalue weighted by Crippen LogP contribution is -2.38. The molecular formula is C47H52Br2N2O2. The van der Waals surface area contributed by atoms with Gasteiger partial charge in [-0.3, -0.25) is 0 Å². The quantitative estimate of drug-likeness (QED) is 0.117. The van der Waals surface area contributed by atoms with Gasteiger partial charge in [0.25, 0.3) is 0 Å². The van der Waals surface area contributed by atoms with E-state index in [2.05, 4.69) is 167 Å². The third-order valence-electron chi connectivity index (χ3n) is 12.0. The molecule has 0 bridgehead atoms. The molecule has 6 heteroatoms. The number of hydrogen-bond donors (Lipinski definition) is 0. The van der Waals surface area contributed by atoms with Crippen molar-refractivity contribution in [3.8, 4) is 11.5 Å². The highest BCUT2D eigenvalue weighted by Crippen LogP contribution is 2.62. The molecular weight excluding hydrogens is 784 g/mol. The van der Waals surface area contributed by atoms with E-state index in [-0.39, 0.29) is 10.8 Å². The third kappa shape index (κ3) is 6.48. The van der Waals surface area contributed by atoms with Crippen molar-refractivity contribution in [2.45, 2.75) is 96.8 Å². The van der Waals surface area contributed by atoms with Crippen molar-refractivity contribution in [1.29, 1.82) is 0 Å². The van der Waals surface area contributed by atoms with Crippen molar-refractivity contribution in [3.63, 3.8) is 0 Å². The maximum atomic E-state index is 5.64. The number of unbranched alkanes of at least 4 members (excludes halogenated alkanes) is 4. The minimum atomic E-state index is -0.209. The van der Waals surface area contributed by atoms with Crippen LogP contribution < -0.4 is 19.3 Å². The van der Waals surface area contributed by atoms with Gasteiger partial charge in [0.05, 0.1) is 37.0 Å². The molecule has 276 valence electrons. The van der Waals surface area contributed by atoms with Gasteiger partial charge in [-0.25, -0.2) is 0 Å². The van der Waals surface area contributed by atoms with Gasteiger partial charge in [-0.1, -0.05) is 98.1 Å². The molecule has 53 heavy (non-hydrogen) atoms. The average Bonchev–Trinajstić information content (AvgIpc) is 3.17. The summed E-state index contributed by atoms with van der Waals surface area (Å²) in [4.78, 5) is 5.04. The molecule has 0 aliphatic carbocycles. The zero-order valence-corrected chi connectivity index (χ0v) is 35.5. The molecule has 0 aromatic heterocycles. The van der Waals surface area contributed by atoms with Crippen LogP contribution in [-0.4, -0.2) is 14.2 Å². The molecule has 0 fully saturated rings. The number of rotatable bonds is 12. The van der Waals surface area contributed by atoms with Crippen LogP contribution in [0.15, 0.2) is 99.9 Å². The second-order valence-electron chi connectivity index (χ2n) is 15.3. The van der Waals surface area contributed by atoms with Crippen LogP contribution in [0.3, 0.4) is 0 Å². The summed E-state index contributed by atoms with van der Waals surface area (Å²) in [7, 11) is 3.47.